The lowest BCUT2D eigenvalue weighted by Crippen LogP contribution is -2.35. The maximum atomic E-state index is 12.9. The average molecular weight is 368 g/mol. The lowest BCUT2D eigenvalue weighted by atomic mass is 10.2. The maximum absolute atomic E-state index is 12.9. The van der Waals surface area contributed by atoms with Gasteiger partial charge in [0.05, 0.1) is 11.0 Å². The number of nitrogens with one attached hydrogen (secondary N) is 1. The SMILES string of the molecule is O=C(NCCc1nc2ccccc2n1CC(=O)N1CCCCCC1)C1CC1. The third-order valence-corrected chi connectivity index (χ3v) is 5.58. The molecule has 2 amide bonds. The van der Waals surface area contributed by atoms with E-state index in [1.165, 1.54) is 12.8 Å². The van der Waals surface area contributed by atoms with E-state index in [1.807, 2.05) is 33.7 Å². The van der Waals surface area contributed by atoms with E-state index in [0.29, 0.717) is 19.5 Å². The second-order valence-electron chi connectivity index (χ2n) is 7.71. The minimum atomic E-state index is 0.151. The molecule has 27 heavy (non-hydrogen) atoms. The van der Waals surface area contributed by atoms with E-state index in [4.69, 9.17) is 4.98 Å². The molecule has 1 saturated heterocycles. The van der Waals surface area contributed by atoms with Gasteiger partial charge in [-0.1, -0.05) is 25.0 Å². The molecule has 2 fully saturated rings. The Balaban J connectivity index is 1.48. The van der Waals surface area contributed by atoms with Crippen molar-refractivity contribution in [3.05, 3.63) is 30.1 Å². The Morgan fingerprint density at radius 2 is 1.81 bits per heavy atom. The number of hydrogen-bond acceptors (Lipinski definition) is 3. The van der Waals surface area contributed by atoms with Crippen LogP contribution in [-0.4, -0.2) is 45.9 Å². The van der Waals surface area contributed by atoms with Gasteiger partial charge in [0.15, 0.2) is 0 Å². The second kappa shape index (κ2) is 8.11. The Kier molecular flexibility index (Phi) is 5.41. The first kappa shape index (κ1) is 18.0. The Labute approximate surface area is 159 Å². The molecule has 1 saturated carbocycles. The normalized spacial score (nSPS) is 17.7. The molecule has 0 unspecified atom stereocenters. The van der Waals surface area contributed by atoms with Gasteiger partial charge in [-0.15, -0.1) is 0 Å². The summed E-state index contributed by atoms with van der Waals surface area (Å²) in [4.78, 5) is 31.5. The fourth-order valence-corrected chi connectivity index (χ4v) is 3.84. The van der Waals surface area contributed by atoms with Crippen molar-refractivity contribution in [3.63, 3.8) is 0 Å². The Bertz CT molecular complexity index is 817. The van der Waals surface area contributed by atoms with E-state index in [0.717, 1.165) is 55.6 Å². The fraction of sp³-hybridized carbons (Fsp3) is 0.571. The van der Waals surface area contributed by atoms with Crippen LogP contribution in [0.25, 0.3) is 11.0 Å². The van der Waals surface area contributed by atoms with Crippen molar-refractivity contribution in [2.45, 2.75) is 51.5 Å². The zero-order valence-corrected chi connectivity index (χ0v) is 15.8. The van der Waals surface area contributed by atoms with Crippen LogP contribution in [0, 0.1) is 5.92 Å². The molecule has 0 atom stereocenters. The second-order valence-corrected chi connectivity index (χ2v) is 7.71. The molecule has 2 aliphatic rings. The first-order valence-corrected chi connectivity index (χ1v) is 10.2. The van der Waals surface area contributed by atoms with Crippen molar-refractivity contribution in [1.29, 1.82) is 0 Å². The molecular formula is C21H28N4O2. The first-order chi connectivity index (χ1) is 13.2. The van der Waals surface area contributed by atoms with Crippen LogP contribution >= 0.6 is 0 Å². The van der Waals surface area contributed by atoms with Crippen LogP contribution in [0.2, 0.25) is 0 Å². The van der Waals surface area contributed by atoms with Gasteiger partial charge in [0.2, 0.25) is 11.8 Å². The maximum Gasteiger partial charge on any atom is 0.242 e. The molecule has 2 heterocycles. The number of para-hydroxylation sites is 2. The van der Waals surface area contributed by atoms with Gasteiger partial charge < -0.3 is 14.8 Å². The lowest BCUT2D eigenvalue weighted by Gasteiger charge is -2.21. The molecule has 1 aromatic carbocycles. The third-order valence-electron chi connectivity index (χ3n) is 5.58. The molecule has 0 spiro atoms. The number of aromatic nitrogens is 2. The van der Waals surface area contributed by atoms with E-state index in [2.05, 4.69) is 5.32 Å². The number of nitrogens with zero attached hydrogens (tertiary/aromatic N) is 3. The number of amides is 2. The molecule has 6 nitrogen and oxygen atoms in total. The zero-order chi connectivity index (χ0) is 18.6. The van der Waals surface area contributed by atoms with Crippen LogP contribution in [0.1, 0.15) is 44.3 Å². The van der Waals surface area contributed by atoms with Crippen LogP contribution in [0.15, 0.2) is 24.3 Å². The average Bonchev–Trinajstić information content (AvgIpc) is 3.49. The lowest BCUT2D eigenvalue weighted by molar-refractivity contribution is -0.131. The molecule has 6 heteroatoms. The number of carbonyl (C=O) groups excluding carboxylic acids is 2. The third kappa shape index (κ3) is 4.31. The summed E-state index contributed by atoms with van der Waals surface area (Å²) >= 11 is 0. The monoisotopic (exact) mass is 368 g/mol. The molecule has 1 aliphatic carbocycles. The van der Waals surface area contributed by atoms with Crippen LogP contribution < -0.4 is 5.32 Å². The number of imidazole rings is 1. The minimum absolute atomic E-state index is 0.151. The summed E-state index contributed by atoms with van der Waals surface area (Å²) in [6, 6.07) is 7.95. The first-order valence-electron chi connectivity index (χ1n) is 10.2. The van der Waals surface area contributed by atoms with Gasteiger partial charge in [0, 0.05) is 32.0 Å². The van der Waals surface area contributed by atoms with Gasteiger partial charge in [-0.05, 0) is 37.8 Å². The number of likely N-dealkylation sites (tertiary alicyclic amines) is 1. The molecule has 0 bridgehead atoms. The molecule has 1 aromatic heterocycles. The predicted molar refractivity (Wildman–Crippen MR) is 104 cm³/mol. The molecule has 1 N–H and O–H groups in total. The molecule has 0 radical (unpaired) electrons. The Morgan fingerprint density at radius 1 is 1.07 bits per heavy atom. The Hall–Kier alpha value is -2.37. The number of rotatable bonds is 6. The van der Waals surface area contributed by atoms with Gasteiger partial charge in [0.1, 0.15) is 12.4 Å². The van der Waals surface area contributed by atoms with E-state index < -0.39 is 0 Å². The summed E-state index contributed by atoms with van der Waals surface area (Å²) in [7, 11) is 0. The summed E-state index contributed by atoms with van der Waals surface area (Å²) in [6.45, 7) is 2.61. The van der Waals surface area contributed by atoms with Crippen LogP contribution in [0.4, 0.5) is 0 Å². The van der Waals surface area contributed by atoms with Crippen molar-refractivity contribution in [1.82, 2.24) is 19.8 Å². The number of benzene rings is 1. The van der Waals surface area contributed by atoms with Crippen LogP contribution in [0.3, 0.4) is 0 Å². The van der Waals surface area contributed by atoms with E-state index in [9.17, 15) is 9.59 Å². The Morgan fingerprint density at radius 3 is 2.56 bits per heavy atom. The highest BCUT2D eigenvalue weighted by Crippen LogP contribution is 2.28. The van der Waals surface area contributed by atoms with Crippen LogP contribution in [0.5, 0.6) is 0 Å². The van der Waals surface area contributed by atoms with Crippen molar-refractivity contribution >= 4 is 22.8 Å². The van der Waals surface area contributed by atoms with E-state index >= 15 is 0 Å². The van der Waals surface area contributed by atoms with Gasteiger partial charge in [-0.25, -0.2) is 4.98 Å². The van der Waals surface area contributed by atoms with Crippen molar-refractivity contribution in [2.24, 2.45) is 5.92 Å². The smallest absolute Gasteiger partial charge is 0.242 e. The summed E-state index contributed by atoms with van der Waals surface area (Å²) in [5, 5.41) is 3.00. The number of carbonyl (C=O) groups is 2. The van der Waals surface area contributed by atoms with Gasteiger partial charge in [0.25, 0.3) is 0 Å². The van der Waals surface area contributed by atoms with Crippen LogP contribution in [-0.2, 0) is 22.6 Å². The van der Waals surface area contributed by atoms with E-state index in [-0.39, 0.29) is 17.7 Å². The highest BCUT2D eigenvalue weighted by molar-refractivity contribution is 5.82. The molecule has 4 rings (SSSR count). The molecule has 1 aliphatic heterocycles. The fourth-order valence-electron chi connectivity index (χ4n) is 3.84. The van der Waals surface area contributed by atoms with Crippen molar-refractivity contribution in [2.75, 3.05) is 19.6 Å². The highest BCUT2D eigenvalue weighted by atomic mass is 16.2. The number of fused-ring (bicyclic) bond motifs is 1. The van der Waals surface area contributed by atoms with Crippen molar-refractivity contribution < 1.29 is 9.59 Å². The predicted octanol–water partition coefficient (Wildman–Crippen LogP) is 2.51. The molecule has 144 valence electrons. The molecular weight excluding hydrogens is 340 g/mol. The van der Waals surface area contributed by atoms with Crippen molar-refractivity contribution in [3.8, 4) is 0 Å². The molecule has 2 aromatic rings. The summed E-state index contributed by atoms with van der Waals surface area (Å²) in [5.41, 5.74) is 1.90. The van der Waals surface area contributed by atoms with Gasteiger partial charge in [-0.3, -0.25) is 9.59 Å². The quantitative estimate of drug-likeness (QED) is 0.852. The van der Waals surface area contributed by atoms with E-state index in [1.54, 1.807) is 0 Å². The largest absolute Gasteiger partial charge is 0.355 e. The standard InChI is InChI=1S/C21H28N4O2/c26-20(24-13-5-1-2-6-14-24)15-25-18-8-4-3-7-17(18)23-19(25)11-12-22-21(27)16-9-10-16/h3-4,7-8,16H,1-2,5-6,9-15H2,(H,22,27). The topological polar surface area (TPSA) is 67.2 Å². The highest BCUT2D eigenvalue weighted by Gasteiger charge is 2.29. The summed E-state index contributed by atoms with van der Waals surface area (Å²) < 4.78 is 2.03. The van der Waals surface area contributed by atoms with Gasteiger partial charge >= 0.3 is 0 Å². The summed E-state index contributed by atoms with van der Waals surface area (Å²) in [6.07, 6.45) is 7.27. The minimum Gasteiger partial charge on any atom is -0.355 e. The van der Waals surface area contributed by atoms with Gasteiger partial charge in [-0.2, -0.15) is 0 Å². The zero-order valence-electron chi connectivity index (χ0n) is 15.8. The summed E-state index contributed by atoms with van der Waals surface area (Å²) in [5.74, 6) is 1.41. The number of hydrogen-bond donors (Lipinski definition) is 1.